The molecular formula is C49H54F2N8O6. The number of methoxy groups -OCH3 is 2. The number of H-pyrrole nitrogens is 2. The zero-order valence-electron chi connectivity index (χ0n) is 37.3. The highest BCUT2D eigenvalue weighted by molar-refractivity contribution is 5.90. The predicted molar refractivity (Wildman–Crippen MR) is 237 cm³/mol. The zero-order chi connectivity index (χ0) is 45.7. The lowest BCUT2D eigenvalue weighted by molar-refractivity contribution is -0.139. The summed E-state index contributed by atoms with van der Waals surface area (Å²) in [7, 11) is 2.55. The molecule has 65 heavy (non-hydrogen) atoms. The van der Waals surface area contributed by atoms with Crippen LogP contribution in [0.3, 0.4) is 0 Å². The summed E-state index contributed by atoms with van der Waals surface area (Å²) in [4.78, 5) is 72.8. The summed E-state index contributed by atoms with van der Waals surface area (Å²) in [6, 6.07) is 13.8. The Morgan fingerprint density at radius 1 is 0.785 bits per heavy atom. The highest BCUT2D eigenvalue weighted by atomic mass is 19.3. The number of aromatic amines is 2. The standard InChI is InChI=1S/C49H54F2N8O6/c1-24(2)39(56-46(62)64-5)44(60)58-23-48(15-16-48)21-38(58)42-52-22-37(55-42)28-8-12-31-32-18-26(9-13-33(32)49(50,51)34(31)19-28)27-10-14-35-36(20-27)54-43(53-35)41-29-7-11-30(17-29)59(41)45(61)40(25(3)4)57-47(63)65-6/h8-10,12-14,18-20,22,24-25,29-30,38-41H,7,11,15-17,21,23H2,1-6H3,(H,52,55)(H,53,54)(H,56,62)(H,57,63)/t29-,30+,38+,39+,40+,41+/m1/s1. The van der Waals surface area contributed by atoms with Crippen LogP contribution in [0.2, 0.25) is 0 Å². The van der Waals surface area contributed by atoms with E-state index < -0.39 is 30.2 Å². The fraction of sp³-hybridized carbons (Fsp3) is 0.469. The second-order valence-corrected chi connectivity index (χ2v) is 19.4. The van der Waals surface area contributed by atoms with Crippen LogP contribution in [-0.4, -0.2) is 92.6 Å². The minimum atomic E-state index is -3.25. The fourth-order valence-electron chi connectivity index (χ4n) is 11.0. The molecule has 16 heteroatoms. The van der Waals surface area contributed by atoms with Crippen LogP contribution in [0.1, 0.15) is 101 Å². The maximum absolute atomic E-state index is 16.4. The van der Waals surface area contributed by atoms with Gasteiger partial charge in [0, 0.05) is 35.5 Å². The molecule has 10 rings (SSSR count). The first-order valence-electron chi connectivity index (χ1n) is 22.6. The molecule has 5 aromatic rings. The number of halogens is 2. The number of carbonyl (C=O) groups is 4. The SMILES string of the molecule is COC(=O)N[C@H](C(=O)N1CC2(CC2)C[C@H]1c1nc(-c2ccc3c(c2)C(F)(F)c2ccc(-c4ccc5nc([C@@H]6[C@@H]7CC[C@@H](C7)N6C(=O)[C@@H](NC(=O)OC)C(C)C)[nH]c5c4)cc2-3)c[nH]1)C(C)C. The molecule has 2 saturated heterocycles. The van der Waals surface area contributed by atoms with Crippen molar-refractivity contribution in [3.63, 3.8) is 0 Å². The van der Waals surface area contributed by atoms with E-state index in [0.29, 0.717) is 40.6 Å². The Kier molecular flexibility index (Phi) is 10.3. The Bertz CT molecular complexity index is 2740. The number of fused-ring (bicyclic) bond motifs is 6. The summed E-state index contributed by atoms with van der Waals surface area (Å²) < 4.78 is 42.4. The van der Waals surface area contributed by atoms with Crippen LogP contribution in [0.25, 0.3) is 44.5 Å². The van der Waals surface area contributed by atoms with E-state index in [1.807, 2.05) is 62.9 Å². The third-order valence-corrected chi connectivity index (χ3v) is 14.7. The molecule has 0 radical (unpaired) electrons. The molecule has 2 bridgehead atoms. The molecule has 6 atom stereocenters. The van der Waals surface area contributed by atoms with Gasteiger partial charge in [-0.05, 0) is 108 Å². The minimum Gasteiger partial charge on any atom is -0.453 e. The van der Waals surface area contributed by atoms with Gasteiger partial charge in [-0.15, -0.1) is 0 Å². The first-order valence-corrected chi connectivity index (χ1v) is 22.6. The molecule has 5 aliphatic rings. The van der Waals surface area contributed by atoms with E-state index in [4.69, 9.17) is 19.4 Å². The van der Waals surface area contributed by atoms with Crippen LogP contribution in [0.5, 0.6) is 0 Å². The number of nitrogens with zero attached hydrogens (tertiary/aromatic N) is 4. The molecule has 3 aliphatic carbocycles. The third kappa shape index (κ3) is 7.19. The number of piperidine rings is 1. The van der Waals surface area contributed by atoms with E-state index in [1.54, 1.807) is 23.2 Å². The molecule has 4 fully saturated rings. The van der Waals surface area contributed by atoms with Gasteiger partial charge in [0.2, 0.25) is 11.8 Å². The molecule has 4 N–H and O–H groups in total. The number of ether oxygens (including phenoxy) is 2. The van der Waals surface area contributed by atoms with Crippen LogP contribution >= 0.6 is 0 Å². The van der Waals surface area contributed by atoms with Crippen LogP contribution < -0.4 is 10.6 Å². The molecule has 4 amide bonds. The van der Waals surface area contributed by atoms with Crippen molar-refractivity contribution in [2.75, 3.05) is 20.8 Å². The number of imidazole rings is 2. The lowest BCUT2D eigenvalue weighted by Crippen LogP contribution is -2.54. The quantitative estimate of drug-likeness (QED) is 0.108. The minimum absolute atomic E-state index is 0.0102. The first-order chi connectivity index (χ1) is 31.1. The first kappa shape index (κ1) is 42.6. The van der Waals surface area contributed by atoms with Crippen molar-refractivity contribution in [2.45, 2.75) is 102 Å². The second-order valence-electron chi connectivity index (χ2n) is 19.4. The molecule has 1 spiro atoms. The summed E-state index contributed by atoms with van der Waals surface area (Å²) >= 11 is 0. The summed E-state index contributed by atoms with van der Waals surface area (Å²) in [6.07, 6.45) is 5.85. The van der Waals surface area contributed by atoms with Gasteiger partial charge in [0.1, 0.15) is 23.7 Å². The van der Waals surface area contributed by atoms with Crippen molar-refractivity contribution in [2.24, 2.45) is 23.2 Å². The topological polar surface area (TPSA) is 175 Å². The summed E-state index contributed by atoms with van der Waals surface area (Å²) in [5, 5.41) is 5.44. The van der Waals surface area contributed by atoms with Gasteiger partial charge in [0.25, 0.3) is 5.92 Å². The molecule has 340 valence electrons. The van der Waals surface area contributed by atoms with Crippen molar-refractivity contribution in [1.29, 1.82) is 0 Å². The van der Waals surface area contributed by atoms with Crippen molar-refractivity contribution >= 4 is 35.0 Å². The average Bonchev–Trinajstić information content (AvgIpc) is 3.95. The molecule has 4 heterocycles. The maximum Gasteiger partial charge on any atom is 0.407 e. The van der Waals surface area contributed by atoms with E-state index in [9.17, 15) is 19.2 Å². The monoisotopic (exact) mass is 888 g/mol. The van der Waals surface area contributed by atoms with Crippen LogP contribution in [0.4, 0.5) is 18.4 Å². The second kappa shape index (κ2) is 15.7. The van der Waals surface area contributed by atoms with Crippen molar-refractivity contribution in [3.8, 4) is 33.5 Å². The van der Waals surface area contributed by atoms with E-state index in [2.05, 4.69) is 20.6 Å². The van der Waals surface area contributed by atoms with Crippen molar-refractivity contribution < 1.29 is 37.4 Å². The number of likely N-dealkylation sites (tertiary alicyclic amines) is 2. The van der Waals surface area contributed by atoms with Gasteiger partial charge in [-0.3, -0.25) is 9.59 Å². The highest BCUT2D eigenvalue weighted by Gasteiger charge is 2.56. The van der Waals surface area contributed by atoms with Gasteiger partial charge < -0.3 is 39.9 Å². The van der Waals surface area contributed by atoms with Crippen LogP contribution in [0, 0.1) is 23.2 Å². The number of carbonyl (C=O) groups excluding carboxylic acids is 4. The number of nitrogens with one attached hydrogen (secondary N) is 4. The van der Waals surface area contributed by atoms with Gasteiger partial charge in [0.15, 0.2) is 0 Å². The Labute approximate surface area is 375 Å². The van der Waals surface area contributed by atoms with Crippen molar-refractivity contribution in [3.05, 3.63) is 83.6 Å². The normalized spacial score (nSPS) is 22.9. The predicted octanol–water partition coefficient (Wildman–Crippen LogP) is 8.61. The molecule has 2 aromatic heterocycles. The third-order valence-electron chi connectivity index (χ3n) is 14.7. The zero-order valence-corrected chi connectivity index (χ0v) is 37.3. The van der Waals surface area contributed by atoms with E-state index in [0.717, 1.165) is 60.7 Å². The van der Waals surface area contributed by atoms with Crippen LogP contribution in [0.15, 0.2) is 60.8 Å². The average molecular weight is 889 g/mol. The Balaban J connectivity index is 0.907. The molecule has 2 saturated carbocycles. The Hall–Kier alpha value is -6.32. The smallest absolute Gasteiger partial charge is 0.407 e. The van der Waals surface area contributed by atoms with E-state index >= 15 is 8.78 Å². The van der Waals surface area contributed by atoms with Gasteiger partial charge in [-0.2, -0.15) is 8.78 Å². The highest BCUT2D eigenvalue weighted by Crippen LogP contribution is 2.59. The number of alkyl halides is 2. The summed E-state index contributed by atoms with van der Waals surface area (Å²) in [5.74, 6) is -2.45. The van der Waals surface area contributed by atoms with Crippen molar-refractivity contribution in [1.82, 2.24) is 40.4 Å². The molecule has 3 aromatic carbocycles. The Morgan fingerprint density at radius 3 is 2.15 bits per heavy atom. The number of hydrogen-bond donors (Lipinski definition) is 4. The number of hydrogen-bond acceptors (Lipinski definition) is 8. The number of rotatable bonds is 10. The number of aromatic nitrogens is 4. The largest absolute Gasteiger partial charge is 0.453 e. The molecule has 2 aliphatic heterocycles. The van der Waals surface area contributed by atoms with E-state index in [1.165, 1.54) is 26.4 Å². The number of amides is 4. The summed E-state index contributed by atoms with van der Waals surface area (Å²) in [6.45, 7) is 8.10. The molecular weight excluding hydrogens is 835 g/mol. The van der Waals surface area contributed by atoms with Crippen LogP contribution in [-0.2, 0) is 25.0 Å². The lowest BCUT2D eigenvalue weighted by Gasteiger charge is -2.37. The number of benzene rings is 3. The van der Waals surface area contributed by atoms with Gasteiger partial charge >= 0.3 is 12.2 Å². The Morgan fingerprint density at radius 2 is 1.46 bits per heavy atom. The maximum atomic E-state index is 16.4. The number of alkyl carbamates (subject to hydrolysis) is 2. The van der Waals surface area contributed by atoms with Gasteiger partial charge in [0.05, 0.1) is 43.0 Å². The van der Waals surface area contributed by atoms with Gasteiger partial charge in [-0.1, -0.05) is 58.0 Å². The van der Waals surface area contributed by atoms with Gasteiger partial charge in [-0.25, -0.2) is 19.6 Å². The molecule has 0 unspecified atom stereocenters. The fourth-order valence-corrected chi connectivity index (χ4v) is 11.0. The molecule has 14 nitrogen and oxygen atoms in total. The van der Waals surface area contributed by atoms with E-state index in [-0.39, 0.29) is 64.2 Å². The summed E-state index contributed by atoms with van der Waals surface area (Å²) in [5.41, 5.74) is 4.85. The lowest BCUT2D eigenvalue weighted by atomic mass is 9.95.